The lowest BCUT2D eigenvalue weighted by molar-refractivity contribution is 0.153. The number of hydrogen-bond donors (Lipinski definition) is 0. The Hall–Kier alpha value is -1.26. The van der Waals surface area contributed by atoms with Gasteiger partial charge in [-0.3, -0.25) is 0 Å². The molecule has 0 atom stereocenters. The Balaban J connectivity index is 1.83. The zero-order valence-electron chi connectivity index (χ0n) is 15.0. The average molecular weight is 320 g/mol. The number of ether oxygens (including phenoxy) is 2. The van der Waals surface area contributed by atoms with E-state index in [0.717, 1.165) is 30.9 Å². The summed E-state index contributed by atoms with van der Waals surface area (Å²) in [7, 11) is 2.20. The first kappa shape index (κ1) is 18.1. The van der Waals surface area contributed by atoms with Crippen LogP contribution < -0.4 is 9.47 Å². The summed E-state index contributed by atoms with van der Waals surface area (Å²) in [5.41, 5.74) is 1.34. The maximum Gasteiger partial charge on any atom is 0.161 e. The first-order valence-electron chi connectivity index (χ1n) is 9.02. The van der Waals surface area contributed by atoms with Crippen LogP contribution in [0.1, 0.15) is 32.3 Å². The number of nitrogens with zero attached hydrogens (tertiary/aromatic N) is 2. The molecule has 23 heavy (non-hydrogen) atoms. The summed E-state index contributed by atoms with van der Waals surface area (Å²) in [6.07, 6.45) is 3.31. The van der Waals surface area contributed by atoms with Gasteiger partial charge in [0.05, 0.1) is 13.2 Å². The van der Waals surface area contributed by atoms with Crippen LogP contribution in [0.5, 0.6) is 11.5 Å². The summed E-state index contributed by atoms with van der Waals surface area (Å²) in [6.45, 7) is 11.5. The van der Waals surface area contributed by atoms with Crippen molar-refractivity contribution < 1.29 is 9.47 Å². The van der Waals surface area contributed by atoms with Crippen molar-refractivity contribution in [2.75, 3.05) is 53.0 Å². The van der Waals surface area contributed by atoms with Gasteiger partial charge in [-0.2, -0.15) is 0 Å². The number of rotatable bonds is 9. The highest BCUT2D eigenvalue weighted by atomic mass is 16.5. The predicted octanol–water partition coefficient (Wildman–Crippen LogP) is 3.05. The van der Waals surface area contributed by atoms with Crippen LogP contribution in [0.15, 0.2) is 18.2 Å². The maximum atomic E-state index is 5.77. The van der Waals surface area contributed by atoms with Crippen LogP contribution in [-0.2, 0) is 6.42 Å². The Morgan fingerprint density at radius 3 is 2.48 bits per heavy atom. The highest BCUT2D eigenvalue weighted by Gasteiger charge is 2.13. The smallest absolute Gasteiger partial charge is 0.161 e. The molecular weight excluding hydrogens is 288 g/mol. The number of benzene rings is 1. The van der Waals surface area contributed by atoms with E-state index < -0.39 is 0 Å². The maximum absolute atomic E-state index is 5.77. The van der Waals surface area contributed by atoms with E-state index in [4.69, 9.17) is 9.47 Å². The lowest BCUT2D eigenvalue weighted by atomic mass is 10.1. The molecule has 1 aromatic carbocycles. The van der Waals surface area contributed by atoms with E-state index in [9.17, 15) is 0 Å². The van der Waals surface area contributed by atoms with Crippen molar-refractivity contribution >= 4 is 0 Å². The van der Waals surface area contributed by atoms with Gasteiger partial charge in [-0.25, -0.2) is 0 Å². The summed E-state index contributed by atoms with van der Waals surface area (Å²) in [4.78, 5) is 4.97. The van der Waals surface area contributed by atoms with Gasteiger partial charge >= 0.3 is 0 Å². The lowest BCUT2D eigenvalue weighted by Crippen LogP contribution is -2.44. The van der Waals surface area contributed by atoms with Gasteiger partial charge in [0, 0.05) is 26.2 Å². The van der Waals surface area contributed by atoms with Gasteiger partial charge < -0.3 is 19.3 Å². The monoisotopic (exact) mass is 320 g/mol. The van der Waals surface area contributed by atoms with Crippen LogP contribution >= 0.6 is 0 Å². The van der Waals surface area contributed by atoms with Crippen LogP contribution in [0.2, 0.25) is 0 Å². The Morgan fingerprint density at radius 1 is 1.00 bits per heavy atom. The SMILES string of the molecule is CCCOc1ccc(CCCN2CCN(C)CC2)cc1OCC. The minimum atomic E-state index is 0.674. The summed E-state index contributed by atoms with van der Waals surface area (Å²) in [5, 5.41) is 0. The molecular formula is C19H32N2O2. The van der Waals surface area contributed by atoms with Gasteiger partial charge in [-0.1, -0.05) is 13.0 Å². The second-order valence-electron chi connectivity index (χ2n) is 6.31. The molecule has 0 aliphatic carbocycles. The fourth-order valence-corrected chi connectivity index (χ4v) is 2.89. The van der Waals surface area contributed by atoms with Crippen molar-refractivity contribution in [1.82, 2.24) is 9.80 Å². The van der Waals surface area contributed by atoms with Crippen LogP contribution in [0.25, 0.3) is 0 Å². The van der Waals surface area contributed by atoms with Crippen LogP contribution in [-0.4, -0.2) is 62.8 Å². The van der Waals surface area contributed by atoms with E-state index in [1.165, 1.54) is 44.7 Å². The van der Waals surface area contributed by atoms with Crippen molar-refractivity contribution in [2.45, 2.75) is 33.1 Å². The third-order valence-electron chi connectivity index (χ3n) is 4.31. The Bertz CT molecular complexity index is 457. The van der Waals surface area contributed by atoms with Gasteiger partial charge in [-0.05, 0) is 57.5 Å². The van der Waals surface area contributed by atoms with Gasteiger partial charge in [-0.15, -0.1) is 0 Å². The molecule has 1 aliphatic heterocycles. The summed E-state index contributed by atoms with van der Waals surface area (Å²) in [6, 6.07) is 6.39. The van der Waals surface area contributed by atoms with Crippen molar-refractivity contribution in [3.8, 4) is 11.5 Å². The molecule has 0 amide bonds. The lowest BCUT2D eigenvalue weighted by Gasteiger charge is -2.32. The van der Waals surface area contributed by atoms with E-state index in [2.05, 4.69) is 42.0 Å². The molecule has 0 spiro atoms. The summed E-state index contributed by atoms with van der Waals surface area (Å²) in [5.74, 6) is 1.76. The molecule has 0 bridgehead atoms. The van der Waals surface area contributed by atoms with E-state index in [0.29, 0.717) is 6.61 Å². The average Bonchev–Trinajstić information content (AvgIpc) is 2.56. The Morgan fingerprint density at radius 2 is 1.78 bits per heavy atom. The normalized spacial score (nSPS) is 16.5. The largest absolute Gasteiger partial charge is 0.490 e. The van der Waals surface area contributed by atoms with Gasteiger partial charge in [0.2, 0.25) is 0 Å². The molecule has 1 aromatic rings. The number of piperazine rings is 1. The zero-order chi connectivity index (χ0) is 16.5. The number of aryl methyl sites for hydroxylation is 1. The van der Waals surface area contributed by atoms with E-state index >= 15 is 0 Å². The second kappa shape index (κ2) is 9.78. The standard InChI is InChI=1S/C19H32N2O2/c1-4-15-23-18-9-8-17(16-19(18)22-5-2)7-6-10-21-13-11-20(3)12-14-21/h8-9,16H,4-7,10-15H2,1-3H3. The molecule has 0 saturated carbocycles. The molecule has 1 aliphatic rings. The van der Waals surface area contributed by atoms with Crippen molar-refractivity contribution in [3.05, 3.63) is 23.8 Å². The van der Waals surface area contributed by atoms with E-state index in [1.807, 2.05) is 6.92 Å². The van der Waals surface area contributed by atoms with E-state index in [-0.39, 0.29) is 0 Å². The minimum absolute atomic E-state index is 0.674. The minimum Gasteiger partial charge on any atom is -0.490 e. The first-order chi connectivity index (χ1) is 11.2. The Labute approximate surface area is 141 Å². The highest BCUT2D eigenvalue weighted by Crippen LogP contribution is 2.29. The van der Waals surface area contributed by atoms with E-state index in [1.54, 1.807) is 0 Å². The molecule has 0 unspecified atom stereocenters. The fourth-order valence-electron chi connectivity index (χ4n) is 2.89. The molecule has 4 heteroatoms. The quantitative estimate of drug-likeness (QED) is 0.698. The molecule has 1 fully saturated rings. The fraction of sp³-hybridized carbons (Fsp3) is 0.684. The molecule has 0 radical (unpaired) electrons. The molecule has 0 aromatic heterocycles. The van der Waals surface area contributed by atoms with Crippen LogP contribution in [0.4, 0.5) is 0 Å². The number of hydrogen-bond acceptors (Lipinski definition) is 4. The Kier molecular flexibility index (Phi) is 7.69. The third kappa shape index (κ3) is 6.04. The van der Waals surface area contributed by atoms with Gasteiger partial charge in [0.25, 0.3) is 0 Å². The molecule has 4 nitrogen and oxygen atoms in total. The van der Waals surface area contributed by atoms with Crippen LogP contribution in [0.3, 0.4) is 0 Å². The van der Waals surface area contributed by atoms with Crippen molar-refractivity contribution in [3.63, 3.8) is 0 Å². The topological polar surface area (TPSA) is 24.9 Å². The zero-order valence-corrected chi connectivity index (χ0v) is 15.0. The number of likely N-dealkylation sites (N-methyl/N-ethyl adjacent to an activating group) is 1. The summed E-state index contributed by atoms with van der Waals surface area (Å²) < 4.78 is 11.5. The first-order valence-corrected chi connectivity index (χ1v) is 9.02. The second-order valence-corrected chi connectivity index (χ2v) is 6.31. The molecule has 1 saturated heterocycles. The highest BCUT2D eigenvalue weighted by molar-refractivity contribution is 5.43. The molecule has 0 N–H and O–H groups in total. The van der Waals surface area contributed by atoms with Gasteiger partial charge in [0.1, 0.15) is 0 Å². The van der Waals surface area contributed by atoms with Gasteiger partial charge in [0.15, 0.2) is 11.5 Å². The molecule has 2 rings (SSSR count). The third-order valence-corrected chi connectivity index (χ3v) is 4.31. The summed E-state index contributed by atoms with van der Waals surface area (Å²) >= 11 is 0. The molecule has 1 heterocycles. The van der Waals surface area contributed by atoms with Crippen molar-refractivity contribution in [1.29, 1.82) is 0 Å². The van der Waals surface area contributed by atoms with Crippen molar-refractivity contribution in [2.24, 2.45) is 0 Å². The van der Waals surface area contributed by atoms with Crippen LogP contribution in [0, 0.1) is 0 Å². The predicted molar refractivity (Wildman–Crippen MR) is 95.7 cm³/mol. The molecule has 130 valence electrons.